The van der Waals surface area contributed by atoms with Gasteiger partial charge in [-0.15, -0.1) is 0 Å². The molecule has 7 nitrogen and oxygen atoms in total. The minimum atomic E-state index is -0.0500. The van der Waals surface area contributed by atoms with Gasteiger partial charge >= 0.3 is 0 Å². The predicted molar refractivity (Wildman–Crippen MR) is 123 cm³/mol. The maximum absolute atomic E-state index is 8.99. The molecule has 0 atom stereocenters. The molecular formula is C25H21N5O2. The van der Waals surface area contributed by atoms with E-state index in [0.717, 1.165) is 22.4 Å². The summed E-state index contributed by atoms with van der Waals surface area (Å²) in [6, 6.07) is 25.7. The fourth-order valence-corrected chi connectivity index (χ4v) is 3.75. The minimum Gasteiger partial charge on any atom is -0.490 e. The van der Waals surface area contributed by atoms with Gasteiger partial charge in [0.05, 0.1) is 12.2 Å². The lowest BCUT2D eigenvalue weighted by molar-refractivity contribution is 0.313. The molecule has 5 rings (SSSR count). The van der Waals surface area contributed by atoms with E-state index in [1.165, 1.54) is 0 Å². The van der Waals surface area contributed by atoms with Crippen LogP contribution < -0.4 is 19.7 Å². The molecule has 0 spiro atoms. The van der Waals surface area contributed by atoms with E-state index in [0.29, 0.717) is 42.7 Å². The molecule has 158 valence electrons. The Balaban J connectivity index is 1.61. The number of nitrogens with zero attached hydrogens (tertiary/aromatic N) is 4. The van der Waals surface area contributed by atoms with Crippen LogP contribution in [0.2, 0.25) is 0 Å². The van der Waals surface area contributed by atoms with E-state index in [1.54, 1.807) is 0 Å². The summed E-state index contributed by atoms with van der Waals surface area (Å²) in [4.78, 5) is 11.8. The number of aromatic nitrogens is 2. The first-order chi connectivity index (χ1) is 15.8. The minimum absolute atomic E-state index is 0.0500. The number of nitrogens with one attached hydrogen (secondary N) is 1. The van der Waals surface area contributed by atoms with Gasteiger partial charge in [-0.1, -0.05) is 48.5 Å². The van der Waals surface area contributed by atoms with Gasteiger partial charge in [-0.25, -0.2) is 4.98 Å². The number of rotatable bonds is 6. The second-order valence-electron chi connectivity index (χ2n) is 7.28. The number of fused-ring (bicyclic) bond motifs is 2. The van der Waals surface area contributed by atoms with E-state index in [9.17, 15) is 0 Å². The third-order valence-electron chi connectivity index (χ3n) is 5.24. The zero-order valence-electron chi connectivity index (χ0n) is 17.4. The molecule has 0 saturated carbocycles. The first-order valence-corrected chi connectivity index (χ1v) is 10.4. The average molecular weight is 423 g/mol. The highest BCUT2D eigenvalue weighted by Gasteiger charge is 2.23. The van der Waals surface area contributed by atoms with Crippen LogP contribution in [0.5, 0.6) is 11.5 Å². The van der Waals surface area contributed by atoms with Crippen molar-refractivity contribution in [2.75, 3.05) is 30.0 Å². The van der Waals surface area contributed by atoms with E-state index in [2.05, 4.69) is 17.4 Å². The molecule has 0 fully saturated rings. The third-order valence-corrected chi connectivity index (χ3v) is 5.24. The molecule has 0 bridgehead atoms. The highest BCUT2D eigenvalue weighted by molar-refractivity contribution is 5.94. The number of anilines is 3. The Morgan fingerprint density at radius 3 is 2.72 bits per heavy atom. The smallest absolute Gasteiger partial charge is 0.232 e. The zero-order chi connectivity index (χ0) is 21.8. The summed E-state index contributed by atoms with van der Waals surface area (Å²) in [5, 5.41) is 13.3. The van der Waals surface area contributed by atoms with Crippen LogP contribution in [0.1, 0.15) is 5.56 Å². The van der Waals surface area contributed by atoms with Crippen molar-refractivity contribution in [3.8, 4) is 17.6 Å². The van der Waals surface area contributed by atoms with Gasteiger partial charge in [0.1, 0.15) is 35.5 Å². The van der Waals surface area contributed by atoms with Crippen molar-refractivity contribution >= 4 is 28.4 Å². The first-order valence-electron chi connectivity index (χ1n) is 10.4. The van der Waals surface area contributed by atoms with Gasteiger partial charge in [-0.3, -0.25) is 0 Å². The molecule has 3 aromatic carbocycles. The van der Waals surface area contributed by atoms with Crippen molar-refractivity contribution in [2.45, 2.75) is 6.54 Å². The van der Waals surface area contributed by atoms with E-state index < -0.39 is 0 Å². The van der Waals surface area contributed by atoms with Gasteiger partial charge in [0.15, 0.2) is 6.61 Å². The van der Waals surface area contributed by atoms with Crippen LogP contribution in [-0.2, 0) is 6.54 Å². The standard InChI is InChI=1S/C25H21N5O2/c26-13-15-31-22-12-6-9-19-23(22)28-25(29-24(19)27-17-18-7-2-1-3-8-18)30-14-16-32-21-11-5-4-10-20(21)30/h1-12H,14-17H2,(H,27,28,29). The van der Waals surface area contributed by atoms with Crippen LogP contribution in [0.4, 0.5) is 17.5 Å². The van der Waals surface area contributed by atoms with Crippen molar-refractivity contribution in [1.82, 2.24) is 9.97 Å². The number of hydrogen-bond donors (Lipinski definition) is 1. The van der Waals surface area contributed by atoms with Gasteiger partial charge in [-0.05, 0) is 29.8 Å². The lowest BCUT2D eigenvalue weighted by Crippen LogP contribution is -2.30. The summed E-state index contributed by atoms with van der Waals surface area (Å²) in [7, 11) is 0. The monoisotopic (exact) mass is 423 g/mol. The average Bonchev–Trinajstić information content (AvgIpc) is 2.86. The molecule has 0 radical (unpaired) electrons. The Bertz CT molecular complexity index is 1290. The Morgan fingerprint density at radius 2 is 1.84 bits per heavy atom. The Labute approximate surface area is 185 Å². The lowest BCUT2D eigenvalue weighted by atomic mass is 10.2. The van der Waals surface area contributed by atoms with E-state index >= 15 is 0 Å². The van der Waals surface area contributed by atoms with Crippen LogP contribution in [0.25, 0.3) is 10.9 Å². The number of hydrogen-bond acceptors (Lipinski definition) is 7. The van der Waals surface area contributed by atoms with Gasteiger partial charge in [0.2, 0.25) is 5.95 Å². The van der Waals surface area contributed by atoms with Gasteiger partial charge in [0, 0.05) is 11.9 Å². The quantitative estimate of drug-likeness (QED) is 0.482. The second kappa shape index (κ2) is 8.82. The number of nitriles is 1. The summed E-state index contributed by atoms with van der Waals surface area (Å²) in [5.41, 5.74) is 2.73. The molecule has 2 heterocycles. The molecule has 1 aliphatic heterocycles. The molecule has 32 heavy (non-hydrogen) atoms. The lowest BCUT2D eigenvalue weighted by Gasteiger charge is -2.30. The normalized spacial score (nSPS) is 12.5. The second-order valence-corrected chi connectivity index (χ2v) is 7.28. The highest BCUT2D eigenvalue weighted by Crippen LogP contribution is 2.37. The molecule has 0 amide bonds. The van der Waals surface area contributed by atoms with Crippen molar-refractivity contribution in [3.05, 3.63) is 78.4 Å². The summed E-state index contributed by atoms with van der Waals surface area (Å²) in [5.74, 6) is 2.62. The SMILES string of the molecule is N#CCOc1cccc2c(NCc3ccccc3)nc(N3CCOc4ccccc43)nc12. The molecule has 4 aromatic rings. The summed E-state index contributed by atoms with van der Waals surface area (Å²) >= 11 is 0. The summed E-state index contributed by atoms with van der Waals surface area (Å²) in [6.45, 7) is 1.74. The number of ether oxygens (including phenoxy) is 2. The Morgan fingerprint density at radius 1 is 1.00 bits per heavy atom. The molecule has 0 unspecified atom stereocenters. The molecule has 1 N–H and O–H groups in total. The maximum Gasteiger partial charge on any atom is 0.232 e. The van der Waals surface area contributed by atoms with Crippen LogP contribution in [-0.4, -0.2) is 29.7 Å². The van der Waals surface area contributed by atoms with Crippen molar-refractivity contribution < 1.29 is 9.47 Å². The fraction of sp³-hybridized carbons (Fsp3) is 0.160. The highest BCUT2D eigenvalue weighted by atomic mass is 16.5. The molecule has 0 aliphatic carbocycles. The van der Waals surface area contributed by atoms with Crippen LogP contribution in [0.15, 0.2) is 72.8 Å². The predicted octanol–water partition coefficient (Wildman–Crippen LogP) is 4.67. The molecule has 7 heteroatoms. The van der Waals surface area contributed by atoms with Crippen molar-refractivity contribution in [2.24, 2.45) is 0 Å². The topological polar surface area (TPSA) is 83.3 Å². The fourth-order valence-electron chi connectivity index (χ4n) is 3.75. The zero-order valence-corrected chi connectivity index (χ0v) is 17.4. The maximum atomic E-state index is 8.99. The number of para-hydroxylation sites is 3. The Kier molecular flexibility index (Phi) is 5.41. The van der Waals surface area contributed by atoms with Crippen molar-refractivity contribution in [3.63, 3.8) is 0 Å². The van der Waals surface area contributed by atoms with Gasteiger partial charge in [0.25, 0.3) is 0 Å². The van der Waals surface area contributed by atoms with E-state index in [-0.39, 0.29) is 6.61 Å². The molecule has 0 saturated heterocycles. The molecule has 1 aromatic heterocycles. The van der Waals surface area contributed by atoms with E-state index in [1.807, 2.05) is 71.6 Å². The van der Waals surface area contributed by atoms with E-state index in [4.69, 9.17) is 24.7 Å². The van der Waals surface area contributed by atoms with Gasteiger partial charge in [-0.2, -0.15) is 10.2 Å². The third kappa shape index (κ3) is 3.86. The van der Waals surface area contributed by atoms with Crippen molar-refractivity contribution in [1.29, 1.82) is 5.26 Å². The summed E-state index contributed by atoms with van der Waals surface area (Å²) in [6.07, 6.45) is 0. The largest absolute Gasteiger partial charge is 0.490 e. The molecular weight excluding hydrogens is 402 g/mol. The molecule has 1 aliphatic rings. The van der Waals surface area contributed by atoms with Gasteiger partial charge < -0.3 is 19.7 Å². The Hall–Kier alpha value is -4.31. The van der Waals surface area contributed by atoms with Crippen LogP contribution >= 0.6 is 0 Å². The number of benzene rings is 3. The van der Waals surface area contributed by atoms with Crippen LogP contribution in [0, 0.1) is 11.3 Å². The first kappa shape index (κ1) is 19.6. The van der Waals surface area contributed by atoms with Crippen LogP contribution in [0.3, 0.4) is 0 Å². The summed E-state index contributed by atoms with van der Waals surface area (Å²) < 4.78 is 11.5.